The number of rotatable bonds is 4. The van der Waals surface area contributed by atoms with Crippen molar-refractivity contribution in [2.75, 3.05) is 19.8 Å². The minimum absolute atomic E-state index is 0. The van der Waals surface area contributed by atoms with Crippen LogP contribution < -0.4 is 5.73 Å². The Bertz CT molecular complexity index is 368. The molecule has 1 aliphatic heterocycles. The predicted octanol–water partition coefficient (Wildman–Crippen LogP) is 2.31. The summed E-state index contributed by atoms with van der Waals surface area (Å²) in [4.78, 5) is 11.7. The van der Waals surface area contributed by atoms with Crippen LogP contribution in [0.4, 0.5) is 13.2 Å². The molecule has 1 fully saturated rings. The number of nitrogens with two attached hydrogens (primary N) is 1. The van der Waals surface area contributed by atoms with E-state index in [1.165, 1.54) is 6.92 Å². The van der Waals surface area contributed by atoms with Gasteiger partial charge >= 0.3 is 12.1 Å². The van der Waals surface area contributed by atoms with E-state index in [1.807, 2.05) is 13.8 Å². The quantitative estimate of drug-likeness (QED) is 0.776. The Labute approximate surface area is 140 Å². The van der Waals surface area contributed by atoms with Crippen molar-refractivity contribution in [3.05, 3.63) is 0 Å². The Balaban J connectivity index is 0.00000484. The topological polar surface area (TPSA) is 70.8 Å². The summed E-state index contributed by atoms with van der Waals surface area (Å²) in [7, 11) is 0. The van der Waals surface area contributed by atoms with Gasteiger partial charge in [0.1, 0.15) is 12.1 Å². The van der Waals surface area contributed by atoms with Crippen LogP contribution in [0.2, 0.25) is 0 Å². The molecule has 1 heterocycles. The fraction of sp³-hybridized carbons (Fsp3) is 0.929. The van der Waals surface area contributed by atoms with Crippen molar-refractivity contribution in [1.29, 1.82) is 0 Å². The highest BCUT2D eigenvalue weighted by Gasteiger charge is 2.40. The van der Waals surface area contributed by atoms with Gasteiger partial charge in [-0.05, 0) is 12.8 Å². The van der Waals surface area contributed by atoms with E-state index in [0.717, 1.165) is 0 Å². The lowest BCUT2D eigenvalue weighted by Gasteiger charge is -2.31. The highest BCUT2D eigenvalue weighted by atomic mass is 35.5. The number of cyclic esters (lactones) is 1. The van der Waals surface area contributed by atoms with E-state index >= 15 is 0 Å². The van der Waals surface area contributed by atoms with Gasteiger partial charge in [0.15, 0.2) is 0 Å². The fourth-order valence-corrected chi connectivity index (χ4v) is 2.28. The number of hydrogen-bond acceptors (Lipinski definition) is 5. The number of carbonyl (C=O) groups excluding carboxylic acids is 1. The number of halogens is 4. The molecule has 0 radical (unpaired) electrons. The maximum atomic E-state index is 12.8. The maximum Gasteiger partial charge on any atom is 0.389 e. The van der Waals surface area contributed by atoms with Crippen LogP contribution in [-0.4, -0.2) is 50.2 Å². The third-order valence-corrected chi connectivity index (χ3v) is 3.28. The van der Waals surface area contributed by atoms with E-state index in [9.17, 15) is 18.0 Å². The molecule has 2 N–H and O–H groups in total. The van der Waals surface area contributed by atoms with Gasteiger partial charge in [-0.2, -0.15) is 13.2 Å². The van der Waals surface area contributed by atoms with Crippen LogP contribution in [0.25, 0.3) is 0 Å². The molecule has 0 bridgehead atoms. The van der Waals surface area contributed by atoms with Gasteiger partial charge in [-0.3, -0.25) is 4.79 Å². The molecule has 1 aliphatic rings. The van der Waals surface area contributed by atoms with Crippen LogP contribution in [0, 0.1) is 11.8 Å². The number of esters is 1. The number of ether oxygens (including phenoxy) is 3. The van der Waals surface area contributed by atoms with E-state index in [2.05, 4.69) is 0 Å². The highest BCUT2D eigenvalue weighted by molar-refractivity contribution is 5.85. The number of alkyl halides is 3. The van der Waals surface area contributed by atoms with Crippen LogP contribution >= 0.6 is 12.4 Å². The molecule has 4 atom stereocenters. The van der Waals surface area contributed by atoms with E-state index in [1.54, 1.807) is 0 Å². The lowest BCUT2D eigenvalue weighted by atomic mass is 9.95. The number of hydrogen-bond donors (Lipinski definition) is 1. The van der Waals surface area contributed by atoms with Gasteiger partial charge in [0.05, 0.1) is 25.7 Å². The Morgan fingerprint density at radius 1 is 1.35 bits per heavy atom. The van der Waals surface area contributed by atoms with Gasteiger partial charge in [-0.15, -0.1) is 12.4 Å². The zero-order valence-electron chi connectivity index (χ0n) is 13.5. The van der Waals surface area contributed by atoms with Crippen LogP contribution in [-0.2, 0) is 19.0 Å². The summed E-state index contributed by atoms with van der Waals surface area (Å²) in [5, 5.41) is 0. The molecule has 0 amide bonds. The van der Waals surface area contributed by atoms with Crippen molar-refractivity contribution in [3.63, 3.8) is 0 Å². The van der Waals surface area contributed by atoms with Crippen LogP contribution in [0.1, 0.15) is 27.2 Å². The van der Waals surface area contributed by atoms with Gasteiger partial charge in [-0.25, -0.2) is 0 Å². The second-order valence-electron chi connectivity index (χ2n) is 6.06. The minimum atomic E-state index is -4.35. The van der Waals surface area contributed by atoms with Gasteiger partial charge in [-0.1, -0.05) is 13.8 Å². The van der Waals surface area contributed by atoms with E-state index in [4.69, 9.17) is 19.9 Å². The zero-order valence-corrected chi connectivity index (χ0v) is 14.3. The van der Waals surface area contributed by atoms with Crippen molar-refractivity contribution in [2.24, 2.45) is 17.6 Å². The summed E-state index contributed by atoms with van der Waals surface area (Å²) < 4.78 is 54.3. The molecule has 0 aromatic rings. The van der Waals surface area contributed by atoms with E-state index in [-0.39, 0.29) is 38.1 Å². The molecule has 0 aromatic carbocycles. The molecular formula is C14H25ClF3NO4. The summed E-state index contributed by atoms with van der Waals surface area (Å²) in [5.74, 6) is -1.50. The summed E-state index contributed by atoms with van der Waals surface area (Å²) in [5.41, 5.74) is 5.56. The summed E-state index contributed by atoms with van der Waals surface area (Å²) >= 11 is 0. The molecule has 0 aromatic heterocycles. The average molecular weight is 364 g/mol. The molecule has 0 aliphatic carbocycles. The molecule has 5 nitrogen and oxygen atoms in total. The van der Waals surface area contributed by atoms with Crippen molar-refractivity contribution in [2.45, 2.75) is 51.6 Å². The monoisotopic (exact) mass is 363 g/mol. The first-order chi connectivity index (χ1) is 10.1. The van der Waals surface area contributed by atoms with Gasteiger partial charge in [0.2, 0.25) is 0 Å². The van der Waals surface area contributed by atoms with Crippen molar-refractivity contribution >= 4 is 18.4 Å². The highest BCUT2D eigenvalue weighted by Crippen LogP contribution is 2.30. The summed E-state index contributed by atoms with van der Waals surface area (Å²) in [6.07, 6.45) is -7.13. The van der Waals surface area contributed by atoms with Crippen LogP contribution in [0.3, 0.4) is 0 Å². The predicted molar refractivity (Wildman–Crippen MR) is 80.3 cm³/mol. The molecule has 23 heavy (non-hydrogen) atoms. The second-order valence-corrected chi connectivity index (χ2v) is 6.06. The van der Waals surface area contributed by atoms with Crippen molar-refractivity contribution in [1.82, 2.24) is 0 Å². The van der Waals surface area contributed by atoms with E-state index < -0.39 is 42.7 Å². The molecule has 138 valence electrons. The lowest BCUT2D eigenvalue weighted by molar-refractivity contribution is -0.178. The van der Waals surface area contributed by atoms with E-state index in [0.29, 0.717) is 0 Å². The van der Waals surface area contributed by atoms with Gasteiger partial charge in [0, 0.05) is 12.5 Å². The first kappa shape index (κ1) is 22.4. The zero-order chi connectivity index (χ0) is 16.9. The lowest BCUT2D eigenvalue weighted by Crippen LogP contribution is -2.42. The minimum Gasteiger partial charge on any atom is -0.459 e. The largest absolute Gasteiger partial charge is 0.459 e. The second kappa shape index (κ2) is 9.66. The molecule has 0 unspecified atom stereocenters. The van der Waals surface area contributed by atoms with Gasteiger partial charge < -0.3 is 19.9 Å². The first-order valence-corrected chi connectivity index (χ1v) is 7.32. The Hall–Kier alpha value is -0.570. The maximum absolute atomic E-state index is 12.8. The van der Waals surface area contributed by atoms with Crippen molar-refractivity contribution < 1.29 is 32.2 Å². The SMILES string of the molecule is CC(C)CO[C@@H]1[C@@H](CC(F)(F)F)COC[C@H](N)C(=O)O[C@H]1C.Cl. The standard InChI is InChI=1S/C14H24F3NO4.ClH/c1-8(2)5-21-12-9(3)22-13(19)11(18)7-20-6-10(12)4-14(15,16)17;/h8-12H,4-7,18H2,1-3H3;1H/t9-,10-,11-,12-;/m0./s1. The average Bonchev–Trinajstić information content (AvgIpc) is 2.39. The third kappa shape index (κ3) is 8.19. The Kier molecular flexibility index (Phi) is 9.42. The number of carbonyl (C=O) groups is 1. The smallest absolute Gasteiger partial charge is 0.389 e. The Morgan fingerprint density at radius 3 is 2.48 bits per heavy atom. The van der Waals surface area contributed by atoms with Crippen LogP contribution in [0.5, 0.6) is 0 Å². The molecule has 1 saturated heterocycles. The van der Waals surface area contributed by atoms with Crippen LogP contribution in [0.15, 0.2) is 0 Å². The van der Waals surface area contributed by atoms with Gasteiger partial charge in [0.25, 0.3) is 0 Å². The molecular weight excluding hydrogens is 339 g/mol. The molecule has 9 heteroatoms. The molecule has 0 spiro atoms. The van der Waals surface area contributed by atoms with Crippen molar-refractivity contribution in [3.8, 4) is 0 Å². The summed E-state index contributed by atoms with van der Waals surface area (Å²) in [6, 6.07) is -1.00. The molecule has 0 saturated carbocycles. The normalized spacial score (nSPS) is 30.0. The fourth-order valence-electron chi connectivity index (χ4n) is 2.28. The molecule has 1 rings (SSSR count). The first-order valence-electron chi connectivity index (χ1n) is 7.32. The third-order valence-electron chi connectivity index (χ3n) is 3.28. The Morgan fingerprint density at radius 2 is 1.96 bits per heavy atom. The summed E-state index contributed by atoms with van der Waals surface area (Å²) in [6.45, 7) is 5.21.